The number of nitrogens with zero attached hydrogens (tertiary/aromatic N) is 3. The van der Waals surface area contributed by atoms with Gasteiger partial charge in [-0.3, -0.25) is 19.4 Å². The molecule has 3 heterocycles. The molecule has 0 radical (unpaired) electrons. The minimum absolute atomic E-state index is 0.157. The summed E-state index contributed by atoms with van der Waals surface area (Å²) in [6, 6.07) is 14.9. The molecule has 0 atom stereocenters. The predicted octanol–water partition coefficient (Wildman–Crippen LogP) is 2.29. The third-order valence-electron chi connectivity index (χ3n) is 5.25. The Morgan fingerprint density at radius 2 is 1.71 bits per heavy atom. The number of piperazine rings is 1. The number of carbonyl (C=O) groups is 3. The molecule has 1 fully saturated rings. The second-order valence-electron chi connectivity index (χ2n) is 7.31. The number of carbonyl (C=O) groups excluding carboxylic acids is 3. The highest BCUT2D eigenvalue weighted by atomic mass is 16.5. The number of hydrogen-bond donors (Lipinski definition) is 0. The summed E-state index contributed by atoms with van der Waals surface area (Å²) in [6.45, 7) is 1.31. The maximum Gasteiger partial charge on any atom is 0.306 e. The highest BCUT2D eigenvalue weighted by Crippen LogP contribution is 2.13. The van der Waals surface area contributed by atoms with Crippen molar-refractivity contribution < 1.29 is 23.5 Å². The van der Waals surface area contributed by atoms with Crippen LogP contribution in [0.2, 0.25) is 0 Å². The first-order valence-electron chi connectivity index (χ1n) is 10.2. The van der Waals surface area contributed by atoms with Gasteiger partial charge in [0.15, 0.2) is 12.4 Å². The second kappa shape index (κ2) is 9.42. The van der Waals surface area contributed by atoms with Gasteiger partial charge in [0.2, 0.25) is 0 Å². The molecule has 1 aliphatic rings. The van der Waals surface area contributed by atoms with Crippen molar-refractivity contribution >= 4 is 28.7 Å². The van der Waals surface area contributed by atoms with Crippen LogP contribution < -0.4 is 0 Å². The van der Waals surface area contributed by atoms with Crippen LogP contribution >= 0.6 is 0 Å². The second-order valence-corrected chi connectivity index (χ2v) is 7.31. The Morgan fingerprint density at radius 1 is 0.935 bits per heavy atom. The van der Waals surface area contributed by atoms with Crippen molar-refractivity contribution in [3.05, 3.63) is 66.2 Å². The lowest BCUT2D eigenvalue weighted by atomic mass is 10.1. The molecule has 1 saturated heterocycles. The summed E-state index contributed by atoms with van der Waals surface area (Å²) in [4.78, 5) is 44.4. The molecule has 8 nitrogen and oxygen atoms in total. The van der Waals surface area contributed by atoms with Gasteiger partial charge in [-0.15, -0.1) is 0 Å². The molecule has 0 spiro atoms. The largest absolute Gasteiger partial charge is 0.459 e. The van der Waals surface area contributed by atoms with E-state index < -0.39 is 5.97 Å². The van der Waals surface area contributed by atoms with E-state index in [1.807, 2.05) is 36.4 Å². The Morgan fingerprint density at radius 3 is 2.48 bits per heavy atom. The summed E-state index contributed by atoms with van der Waals surface area (Å²) in [6.07, 6.45) is 2.06. The first-order valence-corrected chi connectivity index (χ1v) is 10.2. The zero-order valence-electron chi connectivity index (χ0n) is 17.0. The van der Waals surface area contributed by atoms with E-state index in [2.05, 4.69) is 4.98 Å². The molecule has 1 aromatic carbocycles. The minimum atomic E-state index is -0.435. The maximum atomic E-state index is 12.3. The number of fused-ring (bicyclic) bond motifs is 1. The molecule has 3 aromatic rings. The fourth-order valence-electron chi connectivity index (χ4n) is 3.50. The van der Waals surface area contributed by atoms with Crippen molar-refractivity contribution in [1.82, 2.24) is 14.8 Å². The van der Waals surface area contributed by atoms with Crippen LogP contribution in [0.15, 0.2) is 59.2 Å². The molecule has 2 amide bonds. The van der Waals surface area contributed by atoms with Crippen molar-refractivity contribution in [2.45, 2.75) is 12.8 Å². The normalized spacial score (nSPS) is 13.9. The summed E-state index contributed by atoms with van der Waals surface area (Å²) in [7, 11) is 0. The van der Waals surface area contributed by atoms with Crippen LogP contribution in [0.1, 0.15) is 22.7 Å². The molecule has 0 saturated carbocycles. The van der Waals surface area contributed by atoms with Gasteiger partial charge in [0.25, 0.3) is 11.8 Å². The zero-order valence-corrected chi connectivity index (χ0v) is 17.0. The fraction of sp³-hybridized carbons (Fsp3) is 0.304. The number of aryl methyl sites for hydroxylation is 1. The molecule has 0 N–H and O–H groups in total. The van der Waals surface area contributed by atoms with Gasteiger partial charge in [-0.2, -0.15) is 0 Å². The molecule has 0 bridgehead atoms. The Balaban J connectivity index is 1.19. The highest BCUT2D eigenvalue weighted by Gasteiger charge is 2.26. The number of benzene rings is 1. The van der Waals surface area contributed by atoms with Crippen LogP contribution in [0, 0.1) is 0 Å². The number of furan rings is 1. The van der Waals surface area contributed by atoms with E-state index in [9.17, 15) is 14.4 Å². The zero-order chi connectivity index (χ0) is 21.6. The van der Waals surface area contributed by atoms with Gasteiger partial charge in [0.1, 0.15) is 0 Å². The standard InChI is InChI=1S/C23H23N3O5/c27-21(25-11-13-26(14-12-25)23(29)20-6-3-15-30-20)16-31-22(28)10-9-18-8-7-17-4-1-2-5-19(17)24-18/h1-8,15H,9-14,16H2. The lowest BCUT2D eigenvalue weighted by Crippen LogP contribution is -2.51. The maximum absolute atomic E-state index is 12.3. The first-order chi connectivity index (χ1) is 15.1. The third-order valence-corrected chi connectivity index (χ3v) is 5.25. The van der Waals surface area contributed by atoms with Crippen molar-refractivity contribution in [2.75, 3.05) is 32.8 Å². The van der Waals surface area contributed by atoms with Crippen molar-refractivity contribution in [2.24, 2.45) is 0 Å². The number of para-hydroxylation sites is 1. The van der Waals surface area contributed by atoms with Crippen molar-refractivity contribution in [3.63, 3.8) is 0 Å². The van der Waals surface area contributed by atoms with E-state index in [1.165, 1.54) is 6.26 Å². The van der Waals surface area contributed by atoms with Crippen LogP contribution in [0.4, 0.5) is 0 Å². The molecule has 2 aromatic heterocycles. The molecular weight excluding hydrogens is 398 g/mol. The Bertz CT molecular complexity index is 1070. The van der Waals surface area contributed by atoms with Crippen LogP contribution in [0.3, 0.4) is 0 Å². The molecular formula is C23H23N3O5. The van der Waals surface area contributed by atoms with Gasteiger partial charge < -0.3 is 19.0 Å². The summed E-state index contributed by atoms with van der Waals surface area (Å²) < 4.78 is 10.3. The van der Waals surface area contributed by atoms with Gasteiger partial charge in [0.05, 0.1) is 18.2 Å². The van der Waals surface area contributed by atoms with E-state index >= 15 is 0 Å². The molecule has 1 aliphatic heterocycles. The van der Waals surface area contributed by atoms with E-state index in [-0.39, 0.29) is 30.6 Å². The quantitative estimate of drug-likeness (QED) is 0.567. The van der Waals surface area contributed by atoms with E-state index in [4.69, 9.17) is 9.15 Å². The number of amides is 2. The third kappa shape index (κ3) is 5.09. The summed E-state index contributed by atoms with van der Waals surface area (Å²) in [5.74, 6) is -0.599. The topological polar surface area (TPSA) is 93.0 Å². The van der Waals surface area contributed by atoms with Gasteiger partial charge in [-0.1, -0.05) is 24.3 Å². The smallest absolute Gasteiger partial charge is 0.306 e. The number of hydrogen-bond acceptors (Lipinski definition) is 6. The lowest BCUT2D eigenvalue weighted by Gasteiger charge is -2.34. The van der Waals surface area contributed by atoms with Crippen LogP contribution in [0.5, 0.6) is 0 Å². The first kappa shape index (κ1) is 20.6. The summed E-state index contributed by atoms with van der Waals surface area (Å²) in [5.41, 5.74) is 1.69. The van der Waals surface area contributed by atoms with Gasteiger partial charge >= 0.3 is 5.97 Å². The Hall–Kier alpha value is -3.68. The van der Waals surface area contributed by atoms with E-state index in [0.717, 1.165) is 16.6 Å². The Kier molecular flexibility index (Phi) is 6.26. The van der Waals surface area contributed by atoms with Crippen molar-refractivity contribution in [1.29, 1.82) is 0 Å². The van der Waals surface area contributed by atoms with Crippen LogP contribution in [-0.4, -0.2) is 65.4 Å². The van der Waals surface area contributed by atoms with Crippen LogP contribution in [-0.2, 0) is 20.7 Å². The highest BCUT2D eigenvalue weighted by molar-refractivity contribution is 5.91. The monoisotopic (exact) mass is 421 g/mol. The number of pyridine rings is 1. The van der Waals surface area contributed by atoms with Crippen molar-refractivity contribution in [3.8, 4) is 0 Å². The van der Waals surface area contributed by atoms with Gasteiger partial charge in [0, 0.05) is 43.7 Å². The summed E-state index contributed by atoms with van der Waals surface area (Å²) in [5, 5.41) is 1.05. The average molecular weight is 421 g/mol. The Labute approximate surface area is 179 Å². The van der Waals surface area contributed by atoms with Gasteiger partial charge in [-0.05, 0) is 24.3 Å². The SMILES string of the molecule is O=C(CCc1ccc2ccccc2n1)OCC(=O)N1CCN(C(=O)c2ccco2)CC1. The van der Waals surface area contributed by atoms with Gasteiger partial charge in [-0.25, -0.2) is 0 Å². The fourth-order valence-corrected chi connectivity index (χ4v) is 3.50. The molecule has 8 heteroatoms. The van der Waals surface area contributed by atoms with Crippen LogP contribution in [0.25, 0.3) is 10.9 Å². The summed E-state index contributed by atoms with van der Waals surface area (Å²) >= 11 is 0. The molecule has 0 unspecified atom stereocenters. The molecule has 160 valence electrons. The van der Waals surface area contributed by atoms with E-state index in [1.54, 1.807) is 21.9 Å². The number of rotatable bonds is 6. The lowest BCUT2D eigenvalue weighted by molar-refractivity contribution is -0.152. The predicted molar refractivity (Wildman–Crippen MR) is 112 cm³/mol. The average Bonchev–Trinajstić information content (AvgIpc) is 3.35. The molecule has 31 heavy (non-hydrogen) atoms. The number of esters is 1. The number of aromatic nitrogens is 1. The minimum Gasteiger partial charge on any atom is -0.459 e. The number of ether oxygens (including phenoxy) is 1. The molecule has 4 rings (SSSR count). The van der Waals surface area contributed by atoms with E-state index in [0.29, 0.717) is 32.6 Å². The molecule has 0 aliphatic carbocycles.